The standard InChI is InChI=1S/C12H15N3O4S/c1-2-19-11(18)10(17)8-6-20-12(14-8)15-5-7(4-13)3-9(15)16/h6-7H,2-5,13H2,1H3. The molecule has 20 heavy (non-hydrogen) atoms. The van der Waals surface area contributed by atoms with E-state index in [0.29, 0.717) is 24.6 Å². The van der Waals surface area contributed by atoms with Gasteiger partial charge in [-0.15, -0.1) is 11.3 Å². The normalized spacial score (nSPS) is 18.4. The van der Waals surface area contributed by atoms with Gasteiger partial charge in [-0.1, -0.05) is 0 Å². The van der Waals surface area contributed by atoms with Gasteiger partial charge in [0.1, 0.15) is 5.69 Å². The molecule has 1 aliphatic rings. The number of nitrogens with two attached hydrogens (primary N) is 1. The molecule has 1 aliphatic heterocycles. The first-order valence-electron chi connectivity index (χ1n) is 6.24. The van der Waals surface area contributed by atoms with Gasteiger partial charge < -0.3 is 10.5 Å². The van der Waals surface area contributed by atoms with Crippen LogP contribution in [0.15, 0.2) is 5.38 Å². The first-order valence-corrected chi connectivity index (χ1v) is 7.12. The van der Waals surface area contributed by atoms with E-state index in [1.165, 1.54) is 10.3 Å². The molecular weight excluding hydrogens is 282 g/mol. The van der Waals surface area contributed by atoms with Crippen molar-refractivity contribution in [1.29, 1.82) is 0 Å². The van der Waals surface area contributed by atoms with E-state index in [4.69, 9.17) is 5.73 Å². The molecule has 0 spiro atoms. The van der Waals surface area contributed by atoms with Gasteiger partial charge >= 0.3 is 5.97 Å². The van der Waals surface area contributed by atoms with Gasteiger partial charge in [0.15, 0.2) is 5.13 Å². The van der Waals surface area contributed by atoms with Gasteiger partial charge in [-0.25, -0.2) is 9.78 Å². The molecule has 0 radical (unpaired) electrons. The summed E-state index contributed by atoms with van der Waals surface area (Å²) in [6, 6.07) is 0. The van der Waals surface area contributed by atoms with Crippen molar-refractivity contribution in [1.82, 2.24) is 4.98 Å². The number of esters is 1. The lowest BCUT2D eigenvalue weighted by atomic mass is 10.1. The fraction of sp³-hybridized carbons (Fsp3) is 0.500. The minimum Gasteiger partial charge on any atom is -0.460 e. The van der Waals surface area contributed by atoms with E-state index in [9.17, 15) is 14.4 Å². The van der Waals surface area contributed by atoms with E-state index >= 15 is 0 Å². The Labute approximate surface area is 119 Å². The monoisotopic (exact) mass is 297 g/mol. The summed E-state index contributed by atoms with van der Waals surface area (Å²) in [6.07, 6.45) is 0.386. The van der Waals surface area contributed by atoms with Crippen molar-refractivity contribution in [3.8, 4) is 0 Å². The Morgan fingerprint density at radius 1 is 1.60 bits per heavy atom. The number of hydrogen-bond acceptors (Lipinski definition) is 7. The lowest BCUT2D eigenvalue weighted by molar-refractivity contribution is -0.137. The van der Waals surface area contributed by atoms with Crippen molar-refractivity contribution in [3.63, 3.8) is 0 Å². The van der Waals surface area contributed by atoms with Gasteiger partial charge in [0.2, 0.25) is 5.91 Å². The van der Waals surface area contributed by atoms with Crippen molar-refractivity contribution in [3.05, 3.63) is 11.1 Å². The summed E-state index contributed by atoms with van der Waals surface area (Å²) in [5, 5.41) is 1.87. The Morgan fingerprint density at radius 2 is 2.35 bits per heavy atom. The van der Waals surface area contributed by atoms with Crippen molar-refractivity contribution < 1.29 is 19.1 Å². The molecule has 8 heteroatoms. The van der Waals surface area contributed by atoms with Crippen LogP contribution in [0.4, 0.5) is 5.13 Å². The van der Waals surface area contributed by atoms with Crippen molar-refractivity contribution in [2.45, 2.75) is 13.3 Å². The number of aromatic nitrogens is 1. The molecule has 2 rings (SSSR count). The van der Waals surface area contributed by atoms with Crippen LogP contribution in [0.2, 0.25) is 0 Å². The van der Waals surface area contributed by atoms with Crippen LogP contribution in [0.1, 0.15) is 23.8 Å². The summed E-state index contributed by atoms with van der Waals surface area (Å²) >= 11 is 1.15. The second kappa shape index (κ2) is 6.10. The van der Waals surface area contributed by atoms with Gasteiger partial charge in [0.25, 0.3) is 5.78 Å². The molecule has 2 heterocycles. The number of carbonyl (C=O) groups is 3. The molecule has 108 valence electrons. The Balaban J connectivity index is 2.11. The number of thiazole rings is 1. The fourth-order valence-electron chi connectivity index (χ4n) is 1.92. The van der Waals surface area contributed by atoms with E-state index < -0.39 is 11.8 Å². The molecule has 0 aromatic carbocycles. The molecule has 1 saturated heterocycles. The predicted octanol–water partition coefficient (Wildman–Crippen LogP) is 0.201. The maximum Gasteiger partial charge on any atom is 0.381 e. The average Bonchev–Trinajstić information content (AvgIpc) is 3.04. The number of ketones is 1. The van der Waals surface area contributed by atoms with Crippen LogP contribution < -0.4 is 10.6 Å². The largest absolute Gasteiger partial charge is 0.460 e. The molecule has 1 unspecified atom stereocenters. The van der Waals surface area contributed by atoms with E-state index in [1.54, 1.807) is 6.92 Å². The van der Waals surface area contributed by atoms with Gasteiger partial charge in [-0.3, -0.25) is 14.5 Å². The third kappa shape index (κ3) is 2.86. The molecule has 0 saturated carbocycles. The Kier molecular flexibility index (Phi) is 4.46. The molecule has 7 nitrogen and oxygen atoms in total. The number of hydrogen-bond donors (Lipinski definition) is 1. The zero-order valence-corrected chi connectivity index (χ0v) is 11.8. The lowest BCUT2D eigenvalue weighted by Gasteiger charge is -2.11. The minimum absolute atomic E-state index is 0.00690. The van der Waals surface area contributed by atoms with Gasteiger partial charge in [0.05, 0.1) is 6.61 Å². The highest BCUT2D eigenvalue weighted by atomic mass is 32.1. The first kappa shape index (κ1) is 14.6. The zero-order chi connectivity index (χ0) is 14.7. The van der Waals surface area contributed by atoms with E-state index in [0.717, 1.165) is 11.3 Å². The molecule has 2 N–H and O–H groups in total. The van der Waals surface area contributed by atoms with Gasteiger partial charge in [-0.2, -0.15) is 0 Å². The second-order valence-corrected chi connectivity index (χ2v) is 5.21. The molecule has 1 atom stereocenters. The summed E-state index contributed by atoms with van der Waals surface area (Å²) in [5.41, 5.74) is 5.56. The molecule has 1 aromatic heterocycles. The molecule has 0 bridgehead atoms. The van der Waals surface area contributed by atoms with E-state index in [-0.39, 0.29) is 24.1 Å². The number of Topliss-reactive ketones (excluding diaryl/α,β-unsaturated/α-hetero) is 1. The average molecular weight is 297 g/mol. The van der Waals surface area contributed by atoms with E-state index in [2.05, 4.69) is 9.72 Å². The maximum absolute atomic E-state index is 11.8. The zero-order valence-electron chi connectivity index (χ0n) is 11.0. The van der Waals surface area contributed by atoms with Crippen molar-refractivity contribution in [2.75, 3.05) is 24.6 Å². The number of ether oxygens (including phenoxy) is 1. The third-order valence-corrected chi connectivity index (χ3v) is 3.82. The molecule has 1 aromatic rings. The van der Waals surface area contributed by atoms with Crippen LogP contribution in [0.5, 0.6) is 0 Å². The van der Waals surface area contributed by atoms with Crippen LogP contribution in [0.25, 0.3) is 0 Å². The van der Waals surface area contributed by atoms with Crippen LogP contribution in [-0.4, -0.2) is 42.3 Å². The summed E-state index contributed by atoms with van der Waals surface area (Å²) in [5.74, 6) is -1.69. The topological polar surface area (TPSA) is 103 Å². The highest BCUT2D eigenvalue weighted by Gasteiger charge is 2.32. The smallest absolute Gasteiger partial charge is 0.381 e. The number of carbonyl (C=O) groups excluding carboxylic acids is 3. The summed E-state index contributed by atoms with van der Waals surface area (Å²) < 4.78 is 4.63. The highest BCUT2D eigenvalue weighted by Crippen LogP contribution is 2.27. The molecule has 0 aliphatic carbocycles. The number of anilines is 1. The fourth-order valence-corrected chi connectivity index (χ4v) is 2.75. The van der Waals surface area contributed by atoms with Crippen molar-refractivity contribution in [2.24, 2.45) is 11.7 Å². The predicted molar refractivity (Wildman–Crippen MR) is 72.6 cm³/mol. The molecular formula is C12H15N3O4S. The van der Waals surface area contributed by atoms with Gasteiger partial charge in [-0.05, 0) is 19.4 Å². The second-order valence-electron chi connectivity index (χ2n) is 4.38. The Hall–Kier alpha value is -1.80. The summed E-state index contributed by atoms with van der Waals surface area (Å²) in [7, 11) is 0. The van der Waals surface area contributed by atoms with Crippen molar-refractivity contribution >= 4 is 34.1 Å². The van der Waals surface area contributed by atoms with Crippen LogP contribution in [0.3, 0.4) is 0 Å². The summed E-state index contributed by atoms with van der Waals surface area (Å²) in [4.78, 5) is 40.4. The maximum atomic E-state index is 11.8. The molecule has 1 amide bonds. The number of rotatable bonds is 5. The highest BCUT2D eigenvalue weighted by molar-refractivity contribution is 7.14. The van der Waals surface area contributed by atoms with Crippen LogP contribution in [-0.2, 0) is 14.3 Å². The summed E-state index contributed by atoms with van der Waals surface area (Å²) in [6.45, 7) is 2.68. The van der Waals surface area contributed by atoms with Crippen LogP contribution >= 0.6 is 11.3 Å². The lowest BCUT2D eigenvalue weighted by Crippen LogP contribution is -2.26. The number of nitrogens with zero attached hydrogens (tertiary/aromatic N) is 2. The quantitative estimate of drug-likeness (QED) is 0.473. The number of amides is 1. The Bertz CT molecular complexity index is 543. The Morgan fingerprint density at radius 3 is 2.95 bits per heavy atom. The minimum atomic E-state index is -0.933. The first-order chi connectivity index (χ1) is 9.56. The molecule has 1 fully saturated rings. The van der Waals surface area contributed by atoms with Crippen LogP contribution in [0, 0.1) is 5.92 Å². The van der Waals surface area contributed by atoms with Gasteiger partial charge in [0, 0.05) is 18.3 Å². The van der Waals surface area contributed by atoms with E-state index in [1.807, 2.05) is 0 Å². The third-order valence-electron chi connectivity index (χ3n) is 2.95. The SMILES string of the molecule is CCOC(=O)C(=O)c1csc(N2CC(CN)CC2=O)n1.